The molecule has 1 aliphatic rings. The van der Waals surface area contributed by atoms with Crippen molar-refractivity contribution in [2.24, 2.45) is 0 Å². The number of benzene rings is 1. The van der Waals surface area contributed by atoms with Crippen LogP contribution in [0.4, 0.5) is 0 Å². The van der Waals surface area contributed by atoms with Gasteiger partial charge in [-0.3, -0.25) is 0 Å². The topological polar surface area (TPSA) is 55.4 Å². The Labute approximate surface area is 115 Å². The van der Waals surface area contributed by atoms with Crippen molar-refractivity contribution in [3.05, 3.63) is 29.8 Å². The second-order valence-corrected chi connectivity index (χ2v) is 7.48. The predicted octanol–water partition coefficient (Wildman–Crippen LogP) is 1.75. The molecule has 1 aliphatic heterocycles. The Morgan fingerprint density at radius 3 is 2.74 bits per heavy atom. The molecule has 0 aromatic heterocycles. The average Bonchev–Trinajstić information content (AvgIpc) is 2.67. The van der Waals surface area contributed by atoms with E-state index in [2.05, 4.69) is 5.32 Å². The summed E-state index contributed by atoms with van der Waals surface area (Å²) in [5.74, 6) is 1.42. The Kier molecular flexibility index (Phi) is 4.47. The molecule has 0 spiro atoms. The van der Waals surface area contributed by atoms with Gasteiger partial charge in [-0.2, -0.15) is 0 Å². The van der Waals surface area contributed by atoms with Gasteiger partial charge < -0.3 is 10.1 Å². The SMILES string of the molecule is CC(C)Oc1ccccc1CNC1CCS(=O)(=O)C1. The van der Waals surface area contributed by atoms with Crippen molar-refractivity contribution in [2.45, 2.75) is 39.0 Å². The maximum Gasteiger partial charge on any atom is 0.151 e. The van der Waals surface area contributed by atoms with Crippen LogP contribution in [0.5, 0.6) is 5.75 Å². The molecule has 1 aromatic carbocycles. The summed E-state index contributed by atoms with van der Waals surface area (Å²) in [5.41, 5.74) is 1.07. The molecule has 4 nitrogen and oxygen atoms in total. The number of hydrogen-bond donors (Lipinski definition) is 1. The highest BCUT2D eigenvalue weighted by Gasteiger charge is 2.27. The molecule has 106 valence electrons. The Morgan fingerprint density at radius 1 is 1.37 bits per heavy atom. The molecule has 0 bridgehead atoms. The average molecular weight is 283 g/mol. The number of nitrogens with one attached hydrogen (secondary N) is 1. The standard InChI is InChI=1S/C14H21NO3S/c1-11(2)18-14-6-4-3-5-12(14)9-15-13-7-8-19(16,17)10-13/h3-6,11,13,15H,7-10H2,1-2H3. The van der Waals surface area contributed by atoms with E-state index in [1.165, 1.54) is 0 Å². The van der Waals surface area contributed by atoms with Gasteiger partial charge in [0, 0.05) is 18.2 Å². The van der Waals surface area contributed by atoms with Crippen molar-refractivity contribution in [1.29, 1.82) is 0 Å². The first-order chi connectivity index (χ1) is 8.96. The van der Waals surface area contributed by atoms with Gasteiger partial charge in [0.25, 0.3) is 0 Å². The van der Waals surface area contributed by atoms with Crippen LogP contribution < -0.4 is 10.1 Å². The van der Waals surface area contributed by atoms with E-state index in [1.54, 1.807) is 0 Å². The predicted molar refractivity (Wildman–Crippen MR) is 76.1 cm³/mol. The highest BCUT2D eigenvalue weighted by Crippen LogP contribution is 2.20. The van der Waals surface area contributed by atoms with Gasteiger partial charge in [0.15, 0.2) is 9.84 Å². The van der Waals surface area contributed by atoms with Crippen molar-refractivity contribution in [2.75, 3.05) is 11.5 Å². The van der Waals surface area contributed by atoms with Crippen LogP contribution in [0.3, 0.4) is 0 Å². The summed E-state index contributed by atoms with van der Waals surface area (Å²) >= 11 is 0. The van der Waals surface area contributed by atoms with Gasteiger partial charge in [0.05, 0.1) is 17.6 Å². The number of para-hydroxylation sites is 1. The lowest BCUT2D eigenvalue weighted by Gasteiger charge is -2.16. The molecule has 2 rings (SSSR count). The highest BCUT2D eigenvalue weighted by molar-refractivity contribution is 7.91. The minimum Gasteiger partial charge on any atom is -0.491 e. The van der Waals surface area contributed by atoms with Gasteiger partial charge in [-0.15, -0.1) is 0 Å². The zero-order chi connectivity index (χ0) is 13.9. The fourth-order valence-electron chi connectivity index (χ4n) is 2.23. The normalized spacial score (nSPS) is 21.7. The largest absolute Gasteiger partial charge is 0.491 e. The lowest BCUT2D eigenvalue weighted by atomic mass is 10.1. The van der Waals surface area contributed by atoms with Crippen LogP contribution in [-0.4, -0.2) is 32.1 Å². The van der Waals surface area contributed by atoms with E-state index < -0.39 is 9.84 Å². The van der Waals surface area contributed by atoms with Crippen LogP contribution in [0.15, 0.2) is 24.3 Å². The minimum atomic E-state index is -2.82. The molecule has 0 aliphatic carbocycles. The molecule has 1 unspecified atom stereocenters. The van der Waals surface area contributed by atoms with E-state index in [0.717, 1.165) is 11.3 Å². The summed E-state index contributed by atoms with van der Waals surface area (Å²) in [6, 6.07) is 7.94. The summed E-state index contributed by atoms with van der Waals surface area (Å²) in [6.07, 6.45) is 0.836. The summed E-state index contributed by atoms with van der Waals surface area (Å²) in [4.78, 5) is 0. The summed E-state index contributed by atoms with van der Waals surface area (Å²) in [6.45, 7) is 4.63. The number of rotatable bonds is 5. The third kappa shape index (κ3) is 4.21. The summed E-state index contributed by atoms with van der Waals surface area (Å²) in [7, 11) is -2.82. The molecule has 5 heteroatoms. The van der Waals surface area contributed by atoms with E-state index in [0.29, 0.717) is 18.7 Å². The van der Waals surface area contributed by atoms with E-state index in [1.807, 2.05) is 38.1 Å². The molecular weight excluding hydrogens is 262 g/mol. The van der Waals surface area contributed by atoms with E-state index in [-0.39, 0.29) is 17.9 Å². The van der Waals surface area contributed by atoms with Crippen molar-refractivity contribution < 1.29 is 13.2 Å². The van der Waals surface area contributed by atoms with Crippen LogP contribution in [0.1, 0.15) is 25.8 Å². The quantitative estimate of drug-likeness (QED) is 0.894. The maximum atomic E-state index is 11.4. The fraction of sp³-hybridized carbons (Fsp3) is 0.571. The molecule has 1 heterocycles. The molecule has 1 N–H and O–H groups in total. The van der Waals surface area contributed by atoms with E-state index >= 15 is 0 Å². The van der Waals surface area contributed by atoms with Crippen molar-refractivity contribution in [3.63, 3.8) is 0 Å². The van der Waals surface area contributed by atoms with Crippen LogP contribution in [0.25, 0.3) is 0 Å². The van der Waals surface area contributed by atoms with Gasteiger partial charge in [-0.25, -0.2) is 8.42 Å². The molecule has 0 radical (unpaired) electrons. The van der Waals surface area contributed by atoms with Gasteiger partial charge in [0.2, 0.25) is 0 Å². The second-order valence-electron chi connectivity index (χ2n) is 5.26. The summed E-state index contributed by atoms with van der Waals surface area (Å²) < 4.78 is 28.5. The number of hydrogen-bond acceptors (Lipinski definition) is 4. The fourth-order valence-corrected chi connectivity index (χ4v) is 3.94. The zero-order valence-corrected chi connectivity index (χ0v) is 12.2. The maximum absolute atomic E-state index is 11.4. The molecule has 19 heavy (non-hydrogen) atoms. The zero-order valence-electron chi connectivity index (χ0n) is 11.4. The second kappa shape index (κ2) is 5.92. The third-order valence-corrected chi connectivity index (χ3v) is 4.92. The van der Waals surface area contributed by atoms with E-state index in [9.17, 15) is 8.42 Å². The highest BCUT2D eigenvalue weighted by atomic mass is 32.2. The lowest BCUT2D eigenvalue weighted by Crippen LogP contribution is -2.29. The van der Waals surface area contributed by atoms with Crippen LogP contribution in [0.2, 0.25) is 0 Å². The van der Waals surface area contributed by atoms with Gasteiger partial charge in [-0.05, 0) is 26.3 Å². The number of sulfone groups is 1. The van der Waals surface area contributed by atoms with Crippen molar-refractivity contribution >= 4 is 9.84 Å². The Balaban J connectivity index is 1.96. The summed E-state index contributed by atoms with van der Waals surface area (Å²) in [5, 5.41) is 3.31. The molecule has 0 saturated carbocycles. The Morgan fingerprint density at radius 2 is 2.11 bits per heavy atom. The van der Waals surface area contributed by atoms with Gasteiger partial charge in [-0.1, -0.05) is 18.2 Å². The molecule has 1 saturated heterocycles. The lowest BCUT2D eigenvalue weighted by molar-refractivity contribution is 0.239. The molecular formula is C14H21NO3S. The van der Waals surface area contributed by atoms with Crippen LogP contribution in [0, 0.1) is 0 Å². The Bertz CT molecular complexity index is 525. The Hall–Kier alpha value is -1.07. The van der Waals surface area contributed by atoms with Gasteiger partial charge in [0.1, 0.15) is 5.75 Å². The first kappa shape index (κ1) is 14.3. The number of ether oxygens (including phenoxy) is 1. The van der Waals surface area contributed by atoms with Gasteiger partial charge >= 0.3 is 0 Å². The first-order valence-corrected chi connectivity index (χ1v) is 8.47. The third-order valence-electron chi connectivity index (χ3n) is 3.15. The molecule has 1 atom stereocenters. The van der Waals surface area contributed by atoms with Crippen molar-refractivity contribution in [3.8, 4) is 5.75 Å². The molecule has 1 fully saturated rings. The minimum absolute atomic E-state index is 0.0668. The monoisotopic (exact) mass is 283 g/mol. The van der Waals surface area contributed by atoms with Crippen molar-refractivity contribution in [1.82, 2.24) is 5.32 Å². The molecule has 0 amide bonds. The van der Waals surface area contributed by atoms with E-state index in [4.69, 9.17) is 4.74 Å². The first-order valence-electron chi connectivity index (χ1n) is 6.64. The molecule has 1 aromatic rings. The van der Waals surface area contributed by atoms with Crippen LogP contribution >= 0.6 is 0 Å². The van der Waals surface area contributed by atoms with Crippen LogP contribution in [-0.2, 0) is 16.4 Å². The smallest absolute Gasteiger partial charge is 0.151 e.